The van der Waals surface area contributed by atoms with Gasteiger partial charge in [-0.3, -0.25) is 0 Å². The monoisotopic (exact) mass is 204 g/mol. The topological polar surface area (TPSA) is 0 Å². The Morgan fingerprint density at radius 1 is 0.714 bits per heavy atom. The second kappa shape index (κ2) is 38.7. The van der Waals surface area contributed by atoms with Crippen molar-refractivity contribution < 1.29 is 0 Å². The van der Waals surface area contributed by atoms with E-state index < -0.39 is 0 Å². The van der Waals surface area contributed by atoms with Gasteiger partial charge in [0.15, 0.2) is 0 Å². The fraction of sp³-hybridized carbons (Fsp3) is 0.857. The van der Waals surface area contributed by atoms with Gasteiger partial charge in [0.05, 0.1) is 0 Å². The van der Waals surface area contributed by atoms with Crippen molar-refractivity contribution in [3.8, 4) is 0 Å². The van der Waals surface area contributed by atoms with E-state index >= 15 is 0 Å². The third-order valence-corrected chi connectivity index (χ3v) is 0. The molecule has 0 rings (SSSR count). The molecule has 0 aromatic heterocycles. The van der Waals surface area contributed by atoms with Crippen molar-refractivity contribution in [2.75, 3.05) is 0 Å². The van der Waals surface area contributed by atoms with Crippen LogP contribution in [0.25, 0.3) is 0 Å². The van der Waals surface area contributed by atoms with E-state index in [4.69, 9.17) is 0 Å². The molecule has 0 heterocycles. The second-order valence-electron chi connectivity index (χ2n) is 3.41. The predicted octanol–water partition coefficient (Wildman–Crippen LogP) is 6.32. The Labute approximate surface area is 94.8 Å². The van der Waals surface area contributed by atoms with Crippen molar-refractivity contribution in [2.45, 2.75) is 76.2 Å². The van der Waals surface area contributed by atoms with Crippen LogP contribution in [0.1, 0.15) is 76.2 Å². The molecule has 0 bridgehead atoms. The lowest BCUT2D eigenvalue weighted by molar-refractivity contribution is 0.469. The molecule has 0 saturated heterocycles. The van der Waals surface area contributed by atoms with Crippen LogP contribution in [-0.2, 0) is 0 Å². The molecule has 0 aromatic rings. The highest BCUT2D eigenvalue weighted by molar-refractivity contribution is 4.51. The predicted molar refractivity (Wildman–Crippen MR) is 75.0 cm³/mol. The first-order chi connectivity index (χ1) is 6.41. The summed E-state index contributed by atoms with van der Waals surface area (Å²) in [6.45, 7) is 26.0. The molecular formula is C14H36. The van der Waals surface area contributed by atoms with Gasteiger partial charge in [-0.1, -0.05) is 75.3 Å². The fourth-order valence-electron chi connectivity index (χ4n) is 0. The van der Waals surface area contributed by atoms with E-state index in [2.05, 4.69) is 34.3 Å². The van der Waals surface area contributed by atoms with Gasteiger partial charge in [-0.2, -0.15) is 0 Å². The van der Waals surface area contributed by atoms with Crippen molar-refractivity contribution in [1.82, 2.24) is 0 Å². The molecule has 14 heavy (non-hydrogen) atoms. The van der Waals surface area contributed by atoms with Gasteiger partial charge >= 0.3 is 0 Å². The van der Waals surface area contributed by atoms with Gasteiger partial charge in [0.1, 0.15) is 0 Å². The van der Waals surface area contributed by atoms with E-state index in [1.54, 1.807) is 6.08 Å². The molecular weight excluding hydrogens is 168 g/mol. The molecule has 0 fully saturated rings. The summed E-state index contributed by atoms with van der Waals surface area (Å²) in [5.41, 5.74) is 0.500. The van der Waals surface area contributed by atoms with Crippen LogP contribution in [-0.4, -0.2) is 0 Å². The first kappa shape index (κ1) is 29.2. The molecule has 0 radical (unpaired) electrons. The van der Waals surface area contributed by atoms with Crippen molar-refractivity contribution in [1.29, 1.82) is 0 Å². The minimum absolute atomic E-state index is 0.500. The molecule has 0 N–H and O–H groups in total. The van der Waals surface area contributed by atoms with Crippen LogP contribution in [0.5, 0.6) is 0 Å². The molecule has 0 spiro atoms. The van der Waals surface area contributed by atoms with Crippen LogP contribution in [0.15, 0.2) is 12.7 Å². The van der Waals surface area contributed by atoms with Crippen LogP contribution in [0.4, 0.5) is 0 Å². The van der Waals surface area contributed by atoms with Crippen LogP contribution < -0.4 is 0 Å². The Morgan fingerprint density at radius 3 is 0.714 bits per heavy atom. The molecule has 0 aliphatic carbocycles. The van der Waals surface area contributed by atoms with Gasteiger partial charge in [0, 0.05) is 0 Å². The van der Waals surface area contributed by atoms with Crippen LogP contribution in [0, 0.1) is 5.41 Å². The van der Waals surface area contributed by atoms with Crippen LogP contribution in [0.2, 0.25) is 0 Å². The number of rotatable bonds is 0. The van der Waals surface area contributed by atoms with Crippen LogP contribution >= 0.6 is 0 Å². The molecule has 0 amide bonds. The summed E-state index contributed by atoms with van der Waals surface area (Å²) in [5.74, 6) is 0. The van der Waals surface area contributed by atoms with Gasteiger partial charge in [-0.15, -0.1) is 6.58 Å². The van der Waals surface area contributed by atoms with E-state index in [9.17, 15) is 0 Å². The Balaban J connectivity index is -0.0000000263. The molecule has 0 nitrogen and oxygen atoms in total. The molecule has 0 heteroatoms. The van der Waals surface area contributed by atoms with Crippen molar-refractivity contribution in [3.63, 3.8) is 0 Å². The van der Waals surface area contributed by atoms with Gasteiger partial charge in [-0.25, -0.2) is 0 Å². The molecule has 0 saturated carbocycles. The average molecular weight is 204 g/mol. The minimum Gasteiger partial charge on any atom is -0.103 e. The third-order valence-electron chi connectivity index (χ3n) is 0. The highest BCUT2D eigenvalue weighted by atomic mass is 14.0. The fourth-order valence-corrected chi connectivity index (χ4v) is 0. The summed E-state index contributed by atoms with van der Waals surface area (Å²) in [6.07, 6.45) is 1.75. The summed E-state index contributed by atoms with van der Waals surface area (Å²) in [4.78, 5) is 0. The third kappa shape index (κ3) is 20000. The first-order valence-electron chi connectivity index (χ1n) is 5.99. The zero-order valence-electron chi connectivity index (χ0n) is 12.8. The van der Waals surface area contributed by atoms with Gasteiger partial charge in [0.2, 0.25) is 0 Å². The van der Waals surface area contributed by atoms with E-state index in [0.717, 1.165) is 0 Å². The smallest absolute Gasteiger partial charge is 0.0411 e. The summed E-state index contributed by atoms with van der Waals surface area (Å²) in [5, 5.41) is 0. The highest BCUT2D eigenvalue weighted by Gasteiger charge is 1.95. The minimum atomic E-state index is 0.500. The highest BCUT2D eigenvalue weighted by Crippen LogP contribution is 2.07. The van der Waals surface area contributed by atoms with Crippen molar-refractivity contribution >= 4 is 0 Å². The summed E-state index contributed by atoms with van der Waals surface area (Å²) in [7, 11) is 0. The zero-order valence-corrected chi connectivity index (χ0v) is 12.8. The average Bonchev–Trinajstić information content (AvgIpc) is 2.12. The lowest BCUT2D eigenvalue weighted by Crippen LogP contribution is -1.93. The summed E-state index contributed by atoms with van der Waals surface area (Å²) < 4.78 is 0. The number of hydrogen-bond acceptors (Lipinski definition) is 0. The molecule has 0 aromatic carbocycles. The Morgan fingerprint density at radius 2 is 0.714 bits per heavy atom. The van der Waals surface area contributed by atoms with Crippen LogP contribution in [0.3, 0.4) is 0 Å². The standard InChI is InChI=1S/C5H12.C3H6.3C2H6/c1-5(2,3)4;1-3-2;3*1-2/h1-4H3;3H,1H2,2H3;3*1-2H3. The Hall–Kier alpha value is -0.260. The maximum Gasteiger partial charge on any atom is -0.0411 e. The Bertz CT molecular complexity index is 39.5. The second-order valence-corrected chi connectivity index (χ2v) is 3.41. The lowest BCUT2D eigenvalue weighted by atomic mass is 10.0. The molecule has 0 aliphatic heterocycles. The summed E-state index contributed by atoms with van der Waals surface area (Å²) in [6, 6.07) is 0. The normalized spacial score (nSPS) is 6.50. The van der Waals surface area contributed by atoms with Gasteiger partial charge in [-0.05, 0) is 12.3 Å². The maximum atomic E-state index is 3.36. The first-order valence-corrected chi connectivity index (χ1v) is 5.99. The van der Waals surface area contributed by atoms with Gasteiger partial charge in [0.25, 0.3) is 0 Å². The lowest BCUT2D eigenvalue weighted by Gasteiger charge is -2.05. The summed E-state index contributed by atoms with van der Waals surface area (Å²) >= 11 is 0. The molecule has 0 unspecified atom stereocenters. The number of hydrogen-bond donors (Lipinski definition) is 0. The van der Waals surface area contributed by atoms with E-state index in [1.807, 2.05) is 48.5 Å². The number of allylic oxidation sites excluding steroid dienone is 1. The van der Waals surface area contributed by atoms with E-state index in [1.165, 1.54) is 0 Å². The van der Waals surface area contributed by atoms with Gasteiger partial charge < -0.3 is 0 Å². The largest absolute Gasteiger partial charge is 0.103 e. The Kier molecular flexibility index (Phi) is 80.6. The molecule has 0 atom stereocenters. The quantitative estimate of drug-likeness (QED) is 0.405. The van der Waals surface area contributed by atoms with E-state index in [0.29, 0.717) is 5.41 Å². The van der Waals surface area contributed by atoms with Crippen molar-refractivity contribution in [3.05, 3.63) is 12.7 Å². The van der Waals surface area contributed by atoms with E-state index in [-0.39, 0.29) is 0 Å². The maximum absolute atomic E-state index is 3.36. The molecule has 0 aliphatic rings. The SMILES string of the molecule is C=CC.CC.CC.CC.CC(C)(C)C. The zero-order chi connectivity index (χ0) is 13.2. The van der Waals surface area contributed by atoms with Crippen molar-refractivity contribution in [2.24, 2.45) is 5.41 Å². The molecule has 92 valence electrons.